The van der Waals surface area contributed by atoms with Gasteiger partial charge in [0.2, 0.25) is 5.91 Å². The summed E-state index contributed by atoms with van der Waals surface area (Å²) < 4.78 is 0. The van der Waals surface area contributed by atoms with Crippen LogP contribution in [0, 0.1) is 5.92 Å². The van der Waals surface area contributed by atoms with Crippen LogP contribution in [-0.4, -0.2) is 61.4 Å². The number of primary amides is 1. The smallest absolute Gasteiger partial charge is 0.220 e. The maximum Gasteiger partial charge on any atom is 0.220 e. The Bertz CT molecular complexity index is 652. The van der Waals surface area contributed by atoms with Crippen LogP contribution in [0.15, 0.2) is 29.3 Å². The van der Waals surface area contributed by atoms with Crippen LogP contribution in [0.1, 0.15) is 36.8 Å². The Morgan fingerprint density at radius 2 is 1.93 bits per heavy atom. The Morgan fingerprint density at radius 3 is 2.63 bits per heavy atom. The topological polar surface area (TPSA) is 74.0 Å². The maximum absolute atomic E-state index is 11.2. The van der Waals surface area contributed by atoms with Crippen molar-refractivity contribution in [2.24, 2.45) is 16.6 Å². The Balaban J connectivity index is 1.33. The number of unbranched alkanes of at least 4 members (excludes halogenated alkanes) is 1. The third kappa shape index (κ3) is 5.45. The van der Waals surface area contributed by atoms with E-state index >= 15 is 0 Å². The molecule has 0 radical (unpaired) electrons. The van der Waals surface area contributed by atoms with Gasteiger partial charge < -0.3 is 20.9 Å². The van der Waals surface area contributed by atoms with Gasteiger partial charge in [0, 0.05) is 32.6 Å². The van der Waals surface area contributed by atoms with Gasteiger partial charge >= 0.3 is 0 Å². The van der Waals surface area contributed by atoms with Crippen molar-refractivity contribution < 1.29 is 4.79 Å². The first-order chi connectivity index (χ1) is 13.2. The molecule has 1 aromatic rings. The number of guanidine groups is 1. The van der Waals surface area contributed by atoms with Gasteiger partial charge in [0.25, 0.3) is 0 Å². The first-order valence-corrected chi connectivity index (χ1v) is 10.2. The molecule has 6 nitrogen and oxygen atoms in total. The number of amides is 1. The summed E-state index contributed by atoms with van der Waals surface area (Å²) in [6.07, 6.45) is 5.19. The van der Waals surface area contributed by atoms with Gasteiger partial charge in [-0.3, -0.25) is 9.79 Å². The number of nitrogens with one attached hydrogen (secondary N) is 1. The Kier molecular flexibility index (Phi) is 7.10. The predicted molar refractivity (Wildman–Crippen MR) is 110 cm³/mol. The molecule has 2 heterocycles. The molecule has 2 aliphatic heterocycles. The number of likely N-dealkylation sites (tertiary alicyclic amines) is 1. The highest BCUT2D eigenvalue weighted by molar-refractivity contribution is 5.80. The zero-order valence-corrected chi connectivity index (χ0v) is 16.5. The molecule has 1 amide bonds. The number of benzene rings is 1. The van der Waals surface area contributed by atoms with E-state index < -0.39 is 0 Å². The van der Waals surface area contributed by atoms with Gasteiger partial charge in [-0.1, -0.05) is 24.3 Å². The predicted octanol–water partition coefficient (Wildman–Crippen LogP) is 1.60. The summed E-state index contributed by atoms with van der Waals surface area (Å²) in [6.45, 7) is 5.99. The van der Waals surface area contributed by atoms with E-state index in [1.807, 2.05) is 7.05 Å². The monoisotopic (exact) mass is 371 g/mol. The van der Waals surface area contributed by atoms with Gasteiger partial charge in [0.1, 0.15) is 0 Å². The summed E-state index contributed by atoms with van der Waals surface area (Å²) in [5, 5.41) is 3.53. The van der Waals surface area contributed by atoms with Gasteiger partial charge in [0.15, 0.2) is 5.96 Å². The Labute approximate surface area is 162 Å². The van der Waals surface area contributed by atoms with Crippen molar-refractivity contribution in [2.45, 2.75) is 38.6 Å². The van der Waals surface area contributed by atoms with Gasteiger partial charge in [-0.2, -0.15) is 0 Å². The van der Waals surface area contributed by atoms with E-state index in [9.17, 15) is 4.79 Å². The van der Waals surface area contributed by atoms with Crippen LogP contribution in [0.2, 0.25) is 0 Å². The largest absolute Gasteiger partial charge is 0.369 e. The van der Waals surface area contributed by atoms with E-state index in [-0.39, 0.29) is 11.8 Å². The molecule has 0 aliphatic carbocycles. The summed E-state index contributed by atoms with van der Waals surface area (Å²) >= 11 is 0. The Morgan fingerprint density at radius 1 is 1.19 bits per heavy atom. The summed E-state index contributed by atoms with van der Waals surface area (Å²) in [4.78, 5) is 20.5. The van der Waals surface area contributed by atoms with Crippen molar-refractivity contribution in [3.05, 3.63) is 35.4 Å². The first-order valence-electron chi connectivity index (χ1n) is 10.2. The lowest BCUT2D eigenvalue weighted by atomic mass is 9.96. The fourth-order valence-corrected chi connectivity index (χ4v) is 4.11. The molecular weight excluding hydrogens is 338 g/mol. The quantitative estimate of drug-likeness (QED) is 0.453. The normalized spacial score (nSPS) is 19.0. The van der Waals surface area contributed by atoms with E-state index in [1.165, 1.54) is 11.1 Å². The molecule has 1 aromatic carbocycles. The van der Waals surface area contributed by atoms with E-state index in [2.05, 4.69) is 44.4 Å². The summed E-state index contributed by atoms with van der Waals surface area (Å²) in [7, 11) is 1.87. The number of carbonyl (C=O) groups is 1. The molecule has 3 N–H and O–H groups in total. The Hall–Kier alpha value is -2.08. The second-order valence-electron chi connectivity index (χ2n) is 7.64. The number of aliphatic imine (C=N–C) groups is 1. The molecule has 6 heteroatoms. The summed E-state index contributed by atoms with van der Waals surface area (Å²) in [5.41, 5.74) is 8.27. The van der Waals surface area contributed by atoms with Crippen molar-refractivity contribution in [3.8, 4) is 0 Å². The molecule has 0 atom stereocenters. The highest BCUT2D eigenvalue weighted by Gasteiger charge is 2.22. The van der Waals surface area contributed by atoms with Gasteiger partial charge in [-0.25, -0.2) is 0 Å². The van der Waals surface area contributed by atoms with Crippen LogP contribution in [0.5, 0.6) is 0 Å². The van der Waals surface area contributed by atoms with E-state index in [4.69, 9.17) is 5.73 Å². The molecular formula is C21H33N5O. The van der Waals surface area contributed by atoms with Crippen molar-refractivity contribution in [3.63, 3.8) is 0 Å². The molecule has 0 bridgehead atoms. The zero-order valence-electron chi connectivity index (χ0n) is 16.5. The van der Waals surface area contributed by atoms with Crippen LogP contribution >= 0.6 is 0 Å². The standard InChI is InChI=1S/C21H33N5O/c1-23-21(26-15-10-17-6-2-3-7-19(17)16-26)24-11-4-5-12-25-13-8-18(9-14-25)20(22)27/h2-3,6-7,18H,4-5,8-16H2,1H3,(H2,22,27)(H,23,24). The van der Waals surface area contributed by atoms with Crippen molar-refractivity contribution in [1.82, 2.24) is 15.1 Å². The minimum atomic E-state index is -0.134. The molecule has 0 unspecified atom stereocenters. The molecule has 2 aliphatic rings. The highest BCUT2D eigenvalue weighted by Crippen LogP contribution is 2.19. The lowest BCUT2D eigenvalue weighted by molar-refractivity contribution is -0.123. The van der Waals surface area contributed by atoms with Crippen molar-refractivity contribution in [2.75, 3.05) is 39.8 Å². The van der Waals surface area contributed by atoms with Gasteiger partial charge in [0.05, 0.1) is 0 Å². The average molecular weight is 372 g/mol. The van der Waals surface area contributed by atoms with E-state index in [1.54, 1.807) is 0 Å². The zero-order chi connectivity index (χ0) is 19.1. The number of nitrogens with two attached hydrogens (primary N) is 1. The van der Waals surface area contributed by atoms with Crippen LogP contribution < -0.4 is 11.1 Å². The average Bonchev–Trinajstić information content (AvgIpc) is 2.70. The molecule has 27 heavy (non-hydrogen) atoms. The molecule has 3 rings (SSSR count). The van der Waals surface area contributed by atoms with Crippen LogP contribution in [-0.2, 0) is 17.8 Å². The van der Waals surface area contributed by atoms with Crippen LogP contribution in [0.3, 0.4) is 0 Å². The third-order valence-electron chi connectivity index (χ3n) is 5.82. The van der Waals surface area contributed by atoms with Gasteiger partial charge in [-0.05, 0) is 62.9 Å². The first kappa shape index (κ1) is 19.7. The van der Waals surface area contributed by atoms with E-state index in [0.717, 1.165) is 77.3 Å². The minimum Gasteiger partial charge on any atom is -0.369 e. The van der Waals surface area contributed by atoms with E-state index in [0.29, 0.717) is 0 Å². The molecule has 0 spiro atoms. The van der Waals surface area contributed by atoms with Crippen molar-refractivity contribution >= 4 is 11.9 Å². The summed E-state index contributed by atoms with van der Waals surface area (Å²) in [6, 6.07) is 8.69. The van der Waals surface area contributed by atoms with Crippen LogP contribution in [0.4, 0.5) is 0 Å². The number of carbonyl (C=O) groups excluding carboxylic acids is 1. The molecule has 0 aromatic heterocycles. The number of piperidine rings is 1. The van der Waals surface area contributed by atoms with Crippen LogP contribution in [0.25, 0.3) is 0 Å². The molecule has 148 valence electrons. The third-order valence-corrected chi connectivity index (χ3v) is 5.82. The fraction of sp³-hybridized carbons (Fsp3) is 0.619. The highest BCUT2D eigenvalue weighted by atomic mass is 16.1. The summed E-state index contributed by atoms with van der Waals surface area (Å²) in [5.74, 6) is 0.957. The van der Waals surface area contributed by atoms with Gasteiger partial charge in [-0.15, -0.1) is 0 Å². The van der Waals surface area contributed by atoms with Crippen molar-refractivity contribution in [1.29, 1.82) is 0 Å². The second-order valence-corrected chi connectivity index (χ2v) is 7.64. The molecule has 1 fully saturated rings. The lowest BCUT2D eigenvalue weighted by Crippen LogP contribution is -2.44. The number of rotatable bonds is 6. The molecule has 0 saturated carbocycles. The number of hydrogen-bond donors (Lipinski definition) is 2. The number of hydrogen-bond acceptors (Lipinski definition) is 3. The SMILES string of the molecule is CN=C(NCCCCN1CCC(C(N)=O)CC1)N1CCc2ccccc2C1. The number of fused-ring (bicyclic) bond motifs is 1. The second kappa shape index (κ2) is 9.74. The number of nitrogens with zero attached hydrogens (tertiary/aromatic N) is 3. The molecule has 1 saturated heterocycles. The minimum absolute atomic E-state index is 0.0842. The fourth-order valence-electron chi connectivity index (χ4n) is 4.11. The maximum atomic E-state index is 11.2. The lowest BCUT2D eigenvalue weighted by Gasteiger charge is -2.32.